The van der Waals surface area contributed by atoms with Crippen LogP contribution in [0.1, 0.15) is 66.8 Å². The summed E-state index contributed by atoms with van der Waals surface area (Å²) >= 11 is 2.94. The normalized spacial score (nSPS) is 14.7. The van der Waals surface area contributed by atoms with Crippen LogP contribution in [0.2, 0.25) is 0 Å². The number of aromatic nitrogens is 2. The Bertz CT molecular complexity index is 2470. The summed E-state index contributed by atoms with van der Waals surface area (Å²) in [7, 11) is 0. The van der Waals surface area contributed by atoms with E-state index in [1.807, 2.05) is 66.7 Å². The molecule has 0 saturated heterocycles. The third kappa shape index (κ3) is 13.8. The Balaban J connectivity index is 0.000000197. The molecule has 2 aliphatic carbocycles. The van der Waals surface area contributed by atoms with Crippen LogP contribution in [0.4, 0.5) is 18.4 Å². The Kier molecular flexibility index (Phi) is 18.5. The molecule has 2 heterocycles. The van der Waals surface area contributed by atoms with Crippen LogP contribution in [0.3, 0.4) is 0 Å². The van der Waals surface area contributed by atoms with Crippen molar-refractivity contribution in [3.8, 4) is 0 Å². The molecule has 15 heteroatoms. The number of alkyl halides is 1. The van der Waals surface area contributed by atoms with Gasteiger partial charge in [0.05, 0.1) is 6.61 Å². The highest BCUT2D eigenvalue weighted by Gasteiger charge is 2.27. The molecule has 2 aliphatic rings. The number of hydrogen-bond donors (Lipinski definition) is 3. The minimum atomic E-state index is -0.414. The number of aryl methyl sites for hydroxylation is 2. The minimum absolute atomic E-state index is 0.000262. The molecule has 2 unspecified atom stereocenters. The van der Waals surface area contributed by atoms with E-state index in [9.17, 15) is 23.2 Å². The van der Waals surface area contributed by atoms with Crippen molar-refractivity contribution >= 4 is 62.0 Å². The van der Waals surface area contributed by atoms with Crippen LogP contribution in [0.15, 0.2) is 97.1 Å². The number of halogens is 3. The molecule has 0 aliphatic heterocycles. The van der Waals surface area contributed by atoms with Gasteiger partial charge in [-0.05, 0) is 111 Å². The predicted molar refractivity (Wildman–Crippen MR) is 237 cm³/mol. The number of esters is 1. The van der Waals surface area contributed by atoms with E-state index in [1.54, 1.807) is 25.1 Å². The smallest absolute Gasteiger partial charge is 0.407 e. The van der Waals surface area contributed by atoms with Crippen molar-refractivity contribution in [2.24, 2.45) is 0 Å². The Hall–Kier alpha value is -6.31. The van der Waals surface area contributed by atoms with E-state index in [0.717, 1.165) is 88.4 Å². The lowest BCUT2D eigenvalue weighted by Crippen LogP contribution is -2.39. The zero-order valence-electron chi connectivity index (χ0n) is 35.2. The summed E-state index contributed by atoms with van der Waals surface area (Å²) in [5.41, 5.74) is 8.60. The van der Waals surface area contributed by atoms with Gasteiger partial charge in [-0.2, -0.15) is 9.59 Å². The van der Waals surface area contributed by atoms with Crippen LogP contribution in [-0.2, 0) is 74.0 Å². The highest BCUT2D eigenvalue weighted by molar-refractivity contribution is 9.09. The number of aromatic amines is 1. The molecule has 0 bridgehead atoms. The molecule has 2 atom stereocenters. The minimum Gasteiger partial charge on any atom is -0.465 e. The van der Waals surface area contributed by atoms with E-state index in [2.05, 4.69) is 47.8 Å². The number of nitrogens with zero attached hydrogens (tertiary/aromatic N) is 1. The average molecular weight is 930 g/mol. The maximum absolute atomic E-state index is 13.9. The first-order chi connectivity index (χ1) is 30.6. The Morgan fingerprint density at radius 2 is 1.29 bits per heavy atom. The number of H-pyrrole nitrogens is 1. The number of carbonyl (C=O) groups is 3. The van der Waals surface area contributed by atoms with Gasteiger partial charge in [0.25, 0.3) is 0 Å². The summed E-state index contributed by atoms with van der Waals surface area (Å²) in [5, 5.41) is 8.08. The van der Waals surface area contributed by atoms with Crippen LogP contribution < -0.4 is 10.6 Å². The molecule has 2 aromatic heterocycles. The molecule has 0 fully saturated rings. The second kappa shape index (κ2) is 24.4. The van der Waals surface area contributed by atoms with Gasteiger partial charge in [-0.25, -0.2) is 18.4 Å². The first kappa shape index (κ1) is 47.7. The van der Waals surface area contributed by atoms with Crippen LogP contribution >= 0.6 is 15.9 Å². The topological polar surface area (TPSA) is 158 Å². The number of alkyl carbamates (subject to hydrolysis) is 2. The molecule has 0 radical (unpaired) electrons. The fourth-order valence-electron chi connectivity index (χ4n) is 7.80. The molecular formula is C48H51BrF2N4O8. The van der Waals surface area contributed by atoms with E-state index in [0.29, 0.717) is 24.8 Å². The molecule has 2 amide bonds. The van der Waals surface area contributed by atoms with Crippen molar-refractivity contribution < 1.29 is 47.0 Å². The number of carbonyl (C=O) groups excluding carboxylic acids is 5. The monoisotopic (exact) mass is 928 g/mol. The summed E-state index contributed by atoms with van der Waals surface area (Å²) in [5.74, 6) is -0.671. The number of benzene rings is 4. The molecule has 0 spiro atoms. The van der Waals surface area contributed by atoms with Crippen LogP contribution in [0.5, 0.6) is 0 Å². The van der Waals surface area contributed by atoms with Crippen molar-refractivity contribution in [1.82, 2.24) is 20.2 Å². The van der Waals surface area contributed by atoms with Gasteiger partial charge in [-0.3, -0.25) is 4.79 Å². The van der Waals surface area contributed by atoms with E-state index in [4.69, 9.17) is 19.1 Å². The van der Waals surface area contributed by atoms with Gasteiger partial charge >= 0.3 is 24.3 Å². The molecule has 3 N–H and O–H groups in total. The quantitative estimate of drug-likeness (QED) is 0.0697. The van der Waals surface area contributed by atoms with Crippen molar-refractivity contribution in [2.45, 2.75) is 90.6 Å². The molecule has 332 valence electrons. The van der Waals surface area contributed by atoms with Gasteiger partial charge in [0.15, 0.2) is 0 Å². The number of fused-ring (bicyclic) bond motifs is 6. The molecule has 12 nitrogen and oxygen atoms in total. The lowest BCUT2D eigenvalue weighted by Gasteiger charge is -2.24. The maximum Gasteiger partial charge on any atom is 0.407 e. The van der Waals surface area contributed by atoms with Gasteiger partial charge in [0, 0.05) is 51.8 Å². The highest BCUT2D eigenvalue weighted by atomic mass is 79.9. The van der Waals surface area contributed by atoms with Crippen molar-refractivity contribution in [2.75, 3.05) is 11.9 Å². The third-order valence-corrected chi connectivity index (χ3v) is 11.0. The van der Waals surface area contributed by atoms with Gasteiger partial charge < -0.3 is 34.4 Å². The third-order valence-electron chi connectivity index (χ3n) is 10.5. The Morgan fingerprint density at radius 1 is 0.746 bits per heavy atom. The van der Waals surface area contributed by atoms with Gasteiger partial charge in [0.2, 0.25) is 0 Å². The SMILES string of the molecule is CCCn1c2c(c3cc(F)ccc31)CC(NC(=O)OCc1ccccc1)CC2.CCOC(=O)CBr.O=C(NC1CCc2[nH]c3ccc(F)cc3c2C1)OCc1ccccc1.O=C=O. The number of ether oxygens (including phenoxy) is 3. The Morgan fingerprint density at radius 3 is 1.83 bits per heavy atom. The van der Waals surface area contributed by atoms with Crippen molar-refractivity contribution in [3.63, 3.8) is 0 Å². The van der Waals surface area contributed by atoms with E-state index >= 15 is 0 Å². The van der Waals surface area contributed by atoms with Gasteiger partial charge in [0.1, 0.15) is 30.2 Å². The average Bonchev–Trinajstić information content (AvgIpc) is 3.80. The van der Waals surface area contributed by atoms with E-state index < -0.39 is 12.2 Å². The largest absolute Gasteiger partial charge is 0.465 e. The van der Waals surface area contributed by atoms with E-state index in [1.165, 1.54) is 17.8 Å². The first-order valence-electron chi connectivity index (χ1n) is 20.8. The number of hydrogen-bond acceptors (Lipinski definition) is 8. The lowest BCUT2D eigenvalue weighted by molar-refractivity contribution is -0.191. The lowest BCUT2D eigenvalue weighted by atomic mass is 9.91. The standard InChI is InChI=1S/C23H25FN2O2.C20H19FN2O2.C4H7BrO2.CO2/c1-2-12-26-21-10-8-17(24)13-19(21)20-14-18(9-11-22(20)26)25-23(27)28-15-16-6-4-3-5-7-16;21-14-6-8-18-16(10-14)17-11-15(7-9-19(17)23-18)22-20(24)25-12-13-4-2-1-3-5-13;1-2-7-4(6)3-5;2-1-3/h3-8,10,13,18H,2,9,11-12,14-15H2,1H3,(H,25,27);1-6,8,10,15,23H,7,9,11-12H2,(H,22,24);2-3H2,1H3;. The summed E-state index contributed by atoms with van der Waals surface area (Å²) in [6, 6.07) is 29.0. The fraction of sp³-hybridized carbons (Fsp3) is 0.333. The van der Waals surface area contributed by atoms with E-state index in [-0.39, 0.29) is 49.1 Å². The van der Waals surface area contributed by atoms with Gasteiger partial charge in [-0.1, -0.05) is 83.5 Å². The first-order valence-corrected chi connectivity index (χ1v) is 21.9. The Labute approximate surface area is 372 Å². The summed E-state index contributed by atoms with van der Waals surface area (Å²) in [6.07, 6.45) is 5.24. The fourth-order valence-corrected chi connectivity index (χ4v) is 7.96. The zero-order chi connectivity index (χ0) is 45.1. The van der Waals surface area contributed by atoms with Crippen molar-refractivity contribution in [3.05, 3.63) is 142 Å². The molecule has 6 aromatic rings. The van der Waals surface area contributed by atoms with Crippen LogP contribution in [-0.4, -0.2) is 57.9 Å². The molecule has 63 heavy (non-hydrogen) atoms. The number of amides is 2. The summed E-state index contributed by atoms with van der Waals surface area (Å²) < 4.78 is 44.9. The number of rotatable bonds is 10. The predicted octanol–water partition coefficient (Wildman–Crippen LogP) is 9.43. The van der Waals surface area contributed by atoms with Crippen molar-refractivity contribution in [1.29, 1.82) is 0 Å². The second-order valence-corrected chi connectivity index (χ2v) is 15.4. The molecule has 8 rings (SSSR count). The zero-order valence-corrected chi connectivity index (χ0v) is 36.8. The summed E-state index contributed by atoms with van der Waals surface area (Å²) in [4.78, 5) is 54.0. The second-order valence-electron chi connectivity index (χ2n) is 14.8. The summed E-state index contributed by atoms with van der Waals surface area (Å²) in [6.45, 7) is 5.83. The number of nitrogens with one attached hydrogen (secondary N) is 3. The van der Waals surface area contributed by atoms with Crippen LogP contribution in [0, 0.1) is 11.6 Å². The maximum atomic E-state index is 13.9. The van der Waals surface area contributed by atoms with Crippen LogP contribution in [0.25, 0.3) is 21.8 Å². The van der Waals surface area contributed by atoms with Gasteiger partial charge in [-0.15, -0.1) is 0 Å². The molecule has 4 aromatic carbocycles. The molecular weight excluding hydrogens is 878 g/mol. The highest BCUT2D eigenvalue weighted by Crippen LogP contribution is 2.33. The molecule has 0 saturated carbocycles.